The first kappa shape index (κ1) is 12.8. The lowest BCUT2D eigenvalue weighted by atomic mass is 10.2. The van der Waals surface area contributed by atoms with Gasteiger partial charge in [0, 0.05) is 16.3 Å². The van der Waals surface area contributed by atoms with Gasteiger partial charge in [-0.2, -0.15) is 0 Å². The Hall–Kier alpha value is -1.61. The largest absolute Gasteiger partial charge is 0.493 e. The van der Waals surface area contributed by atoms with Crippen molar-refractivity contribution in [3.8, 4) is 5.75 Å². The van der Waals surface area contributed by atoms with Gasteiger partial charge in [0.1, 0.15) is 5.75 Å². The van der Waals surface area contributed by atoms with E-state index in [9.17, 15) is 0 Å². The van der Waals surface area contributed by atoms with Gasteiger partial charge in [-0.1, -0.05) is 18.2 Å². The van der Waals surface area contributed by atoms with Gasteiger partial charge in [0.05, 0.1) is 6.61 Å². The van der Waals surface area contributed by atoms with Gasteiger partial charge in [-0.15, -0.1) is 11.8 Å². The second-order valence-electron chi connectivity index (χ2n) is 4.03. The number of nitrogen functional groups attached to an aromatic ring is 1. The molecule has 3 heteroatoms. The molecule has 0 unspecified atom stereocenters. The third-order valence-electron chi connectivity index (χ3n) is 2.61. The zero-order valence-electron chi connectivity index (χ0n) is 10.4. The highest BCUT2D eigenvalue weighted by Crippen LogP contribution is 2.20. The molecule has 0 aliphatic rings. The third-order valence-corrected chi connectivity index (χ3v) is 3.58. The average molecular weight is 259 g/mol. The van der Waals surface area contributed by atoms with Crippen LogP contribution in [0.25, 0.3) is 0 Å². The van der Waals surface area contributed by atoms with E-state index >= 15 is 0 Å². The fraction of sp³-hybridized carbons (Fsp3) is 0.200. The fourth-order valence-electron chi connectivity index (χ4n) is 1.57. The van der Waals surface area contributed by atoms with Crippen molar-refractivity contribution in [2.45, 2.75) is 11.8 Å². The molecule has 0 atom stereocenters. The topological polar surface area (TPSA) is 35.2 Å². The Morgan fingerprint density at radius 2 is 1.89 bits per heavy atom. The lowest BCUT2D eigenvalue weighted by Gasteiger charge is -2.08. The van der Waals surface area contributed by atoms with Crippen molar-refractivity contribution >= 4 is 17.4 Å². The zero-order valence-corrected chi connectivity index (χ0v) is 11.2. The van der Waals surface area contributed by atoms with Crippen LogP contribution < -0.4 is 10.5 Å². The molecule has 18 heavy (non-hydrogen) atoms. The quantitative estimate of drug-likeness (QED) is 0.504. The predicted octanol–water partition coefficient (Wildman–Crippen LogP) is 3.75. The number of ether oxygens (including phenoxy) is 1. The molecule has 0 saturated carbocycles. The molecule has 2 nitrogen and oxygen atoms in total. The molecule has 2 rings (SSSR count). The highest BCUT2D eigenvalue weighted by Gasteiger charge is 1.98. The third kappa shape index (κ3) is 3.70. The van der Waals surface area contributed by atoms with Crippen LogP contribution in [0.4, 0.5) is 5.69 Å². The van der Waals surface area contributed by atoms with E-state index in [0.717, 1.165) is 22.8 Å². The van der Waals surface area contributed by atoms with Crippen molar-refractivity contribution in [1.29, 1.82) is 0 Å². The van der Waals surface area contributed by atoms with Crippen LogP contribution in [0, 0.1) is 6.92 Å². The van der Waals surface area contributed by atoms with E-state index < -0.39 is 0 Å². The molecule has 0 saturated heterocycles. The Labute approximate surface area is 112 Å². The summed E-state index contributed by atoms with van der Waals surface area (Å²) in [5.74, 6) is 1.82. The van der Waals surface area contributed by atoms with Gasteiger partial charge < -0.3 is 10.5 Å². The first-order chi connectivity index (χ1) is 8.75. The van der Waals surface area contributed by atoms with Crippen molar-refractivity contribution in [1.82, 2.24) is 0 Å². The minimum Gasteiger partial charge on any atom is -0.493 e. The van der Waals surface area contributed by atoms with E-state index in [4.69, 9.17) is 10.5 Å². The molecule has 94 valence electrons. The first-order valence-electron chi connectivity index (χ1n) is 5.92. The van der Waals surface area contributed by atoms with Crippen molar-refractivity contribution < 1.29 is 4.74 Å². The second-order valence-corrected chi connectivity index (χ2v) is 5.20. The van der Waals surface area contributed by atoms with Gasteiger partial charge in [0.25, 0.3) is 0 Å². The lowest BCUT2D eigenvalue weighted by molar-refractivity contribution is 0.344. The molecule has 2 aromatic carbocycles. The normalized spacial score (nSPS) is 10.3. The van der Waals surface area contributed by atoms with E-state index in [0.29, 0.717) is 6.61 Å². The van der Waals surface area contributed by atoms with Crippen molar-refractivity contribution in [3.05, 3.63) is 54.1 Å². The van der Waals surface area contributed by atoms with Crippen LogP contribution in [0.5, 0.6) is 5.75 Å². The molecule has 0 aromatic heterocycles. The van der Waals surface area contributed by atoms with Gasteiger partial charge >= 0.3 is 0 Å². The van der Waals surface area contributed by atoms with Crippen LogP contribution in [0.3, 0.4) is 0 Å². The first-order valence-corrected chi connectivity index (χ1v) is 6.91. The highest BCUT2D eigenvalue weighted by atomic mass is 32.2. The Bertz CT molecular complexity index is 499. The minimum atomic E-state index is 0.697. The Kier molecular flexibility index (Phi) is 4.53. The minimum absolute atomic E-state index is 0.697. The number of anilines is 1. The van der Waals surface area contributed by atoms with Crippen LogP contribution in [0.15, 0.2) is 53.4 Å². The van der Waals surface area contributed by atoms with Crippen LogP contribution in [-0.4, -0.2) is 12.4 Å². The van der Waals surface area contributed by atoms with Gasteiger partial charge in [-0.25, -0.2) is 0 Å². The summed E-state index contributed by atoms with van der Waals surface area (Å²) in [6, 6.07) is 16.1. The maximum atomic E-state index is 5.76. The summed E-state index contributed by atoms with van der Waals surface area (Å²) in [4.78, 5) is 1.27. The van der Waals surface area contributed by atoms with E-state index in [1.165, 1.54) is 4.90 Å². The fourth-order valence-corrected chi connectivity index (χ4v) is 2.33. The molecule has 0 aliphatic carbocycles. The Morgan fingerprint density at radius 1 is 1.11 bits per heavy atom. The highest BCUT2D eigenvalue weighted by molar-refractivity contribution is 7.99. The smallest absolute Gasteiger partial charge is 0.119 e. The number of hydrogen-bond donors (Lipinski definition) is 1. The second kappa shape index (κ2) is 6.36. The van der Waals surface area contributed by atoms with Crippen LogP contribution in [0.1, 0.15) is 5.56 Å². The molecule has 0 bridgehead atoms. The van der Waals surface area contributed by atoms with E-state index in [1.807, 2.05) is 43.3 Å². The van der Waals surface area contributed by atoms with E-state index in [1.54, 1.807) is 11.8 Å². The maximum absolute atomic E-state index is 5.76. The predicted molar refractivity (Wildman–Crippen MR) is 78.3 cm³/mol. The number of nitrogens with two attached hydrogens (primary N) is 1. The summed E-state index contributed by atoms with van der Waals surface area (Å²) >= 11 is 1.80. The number of aryl methyl sites for hydroxylation is 1. The molecule has 0 spiro atoms. The number of hydrogen-bond acceptors (Lipinski definition) is 3. The molecular formula is C15H17NOS. The van der Waals surface area contributed by atoms with Crippen molar-refractivity contribution in [2.24, 2.45) is 0 Å². The zero-order chi connectivity index (χ0) is 12.8. The molecule has 0 radical (unpaired) electrons. The van der Waals surface area contributed by atoms with Crippen LogP contribution in [0.2, 0.25) is 0 Å². The van der Waals surface area contributed by atoms with Gasteiger partial charge in [0.2, 0.25) is 0 Å². The molecule has 2 aromatic rings. The Morgan fingerprint density at radius 3 is 2.61 bits per heavy atom. The summed E-state index contributed by atoms with van der Waals surface area (Å²) in [5.41, 5.74) is 7.62. The summed E-state index contributed by atoms with van der Waals surface area (Å²) in [7, 11) is 0. The summed E-state index contributed by atoms with van der Waals surface area (Å²) in [5, 5.41) is 0. The van der Waals surface area contributed by atoms with Crippen LogP contribution in [-0.2, 0) is 0 Å². The number of thioether (sulfide) groups is 1. The number of rotatable bonds is 5. The van der Waals surface area contributed by atoms with Crippen molar-refractivity contribution in [3.63, 3.8) is 0 Å². The van der Waals surface area contributed by atoms with Gasteiger partial charge in [-0.05, 0) is 42.8 Å². The molecule has 0 amide bonds. The van der Waals surface area contributed by atoms with Gasteiger partial charge in [0.15, 0.2) is 0 Å². The molecule has 0 aliphatic heterocycles. The maximum Gasteiger partial charge on any atom is 0.119 e. The van der Waals surface area contributed by atoms with E-state index in [-0.39, 0.29) is 0 Å². The van der Waals surface area contributed by atoms with Crippen molar-refractivity contribution in [2.75, 3.05) is 18.1 Å². The summed E-state index contributed by atoms with van der Waals surface area (Å²) < 4.78 is 5.69. The molecule has 0 heterocycles. The monoisotopic (exact) mass is 259 g/mol. The standard InChI is InChI=1S/C15H17NOS/c1-12-11-13(7-8-15(12)16)17-9-10-18-14-5-3-2-4-6-14/h2-8,11H,9-10,16H2,1H3. The summed E-state index contributed by atoms with van der Waals surface area (Å²) in [6.45, 7) is 2.68. The molecule has 0 fully saturated rings. The molecular weight excluding hydrogens is 242 g/mol. The van der Waals surface area contributed by atoms with E-state index in [2.05, 4.69) is 12.1 Å². The Balaban J connectivity index is 1.77. The van der Waals surface area contributed by atoms with Crippen LogP contribution >= 0.6 is 11.8 Å². The SMILES string of the molecule is Cc1cc(OCCSc2ccccc2)ccc1N. The molecule has 2 N–H and O–H groups in total. The summed E-state index contributed by atoms with van der Waals surface area (Å²) in [6.07, 6.45) is 0. The lowest BCUT2D eigenvalue weighted by Crippen LogP contribution is -2.00. The average Bonchev–Trinajstić information content (AvgIpc) is 2.40. The number of benzene rings is 2. The van der Waals surface area contributed by atoms with Gasteiger partial charge in [-0.3, -0.25) is 0 Å².